The van der Waals surface area contributed by atoms with E-state index in [1.165, 1.54) is 11.8 Å². The molecule has 5 heteroatoms. The summed E-state index contributed by atoms with van der Waals surface area (Å²) in [6.07, 6.45) is 0.973. The van der Waals surface area contributed by atoms with E-state index in [9.17, 15) is 4.79 Å². The Kier molecular flexibility index (Phi) is 6.58. The molecule has 0 aliphatic carbocycles. The summed E-state index contributed by atoms with van der Waals surface area (Å²) in [6, 6.07) is 5.82. The van der Waals surface area contributed by atoms with E-state index in [0.29, 0.717) is 0 Å². The number of aryl methyl sites for hydroxylation is 1. The molecule has 0 radical (unpaired) electrons. The van der Waals surface area contributed by atoms with Gasteiger partial charge in [0.2, 0.25) is 0 Å². The average Bonchev–Trinajstić information content (AvgIpc) is 2.44. The highest BCUT2D eigenvalue weighted by atomic mass is 32.2. The summed E-state index contributed by atoms with van der Waals surface area (Å²) in [6.45, 7) is 6.06. The van der Waals surface area contributed by atoms with Gasteiger partial charge in [-0.2, -0.15) is 0 Å². The summed E-state index contributed by atoms with van der Waals surface area (Å²) in [4.78, 5) is 15.3. The number of hydrogen-bond acceptors (Lipinski definition) is 4. The molecule has 4 nitrogen and oxygen atoms in total. The maximum atomic E-state index is 11.1. The first kappa shape index (κ1) is 16.6. The monoisotopic (exact) mass is 294 g/mol. The molecule has 0 saturated carbocycles. The first-order valence-corrected chi connectivity index (χ1v) is 7.40. The molecule has 0 spiro atoms. The van der Waals surface area contributed by atoms with Crippen LogP contribution in [0.15, 0.2) is 23.2 Å². The molecule has 1 aromatic rings. The number of amidine groups is 1. The molecular formula is C15H22N2O2S. The lowest BCUT2D eigenvalue weighted by atomic mass is 10.1. The van der Waals surface area contributed by atoms with Gasteiger partial charge in [0.25, 0.3) is 0 Å². The van der Waals surface area contributed by atoms with Crippen LogP contribution in [0.4, 0.5) is 5.69 Å². The highest BCUT2D eigenvalue weighted by Crippen LogP contribution is 2.25. The van der Waals surface area contributed by atoms with Gasteiger partial charge < -0.3 is 14.8 Å². The molecule has 20 heavy (non-hydrogen) atoms. The Hall–Kier alpha value is -1.49. The third-order valence-electron chi connectivity index (χ3n) is 2.93. The van der Waals surface area contributed by atoms with Crippen LogP contribution in [0, 0.1) is 12.8 Å². The summed E-state index contributed by atoms with van der Waals surface area (Å²) in [7, 11) is 3.35. The Labute approximate surface area is 125 Å². The quantitative estimate of drug-likeness (QED) is 0.514. The molecule has 1 unspecified atom stereocenters. The van der Waals surface area contributed by atoms with Gasteiger partial charge in [-0.15, -0.1) is 0 Å². The van der Waals surface area contributed by atoms with Gasteiger partial charge >= 0.3 is 0 Å². The zero-order valence-electron chi connectivity index (χ0n) is 12.6. The van der Waals surface area contributed by atoms with Crippen molar-refractivity contribution in [3.05, 3.63) is 23.8 Å². The molecule has 1 atom stereocenters. The van der Waals surface area contributed by atoms with Gasteiger partial charge in [0, 0.05) is 18.8 Å². The number of benzene rings is 1. The highest BCUT2D eigenvalue weighted by molar-refractivity contribution is 8.15. The van der Waals surface area contributed by atoms with Crippen molar-refractivity contribution in [3.63, 3.8) is 0 Å². The summed E-state index contributed by atoms with van der Waals surface area (Å²) in [5.41, 5.74) is 2.03. The SMILES string of the molecule is CN=C(Nc1cc(OC)ccc1C)SC(C=O)C(C)C. The largest absolute Gasteiger partial charge is 0.497 e. The topological polar surface area (TPSA) is 50.7 Å². The fraction of sp³-hybridized carbons (Fsp3) is 0.467. The minimum Gasteiger partial charge on any atom is -0.497 e. The number of aldehydes is 1. The van der Waals surface area contributed by atoms with Crippen molar-refractivity contribution in [2.45, 2.75) is 26.0 Å². The number of hydrogen-bond donors (Lipinski definition) is 1. The number of rotatable bonds is 5. The van der Waals surface area contributed by atoms with Crippen LogP contribution in [-0.2, 0) is 4.79 Å². The second-order valence-corrected chi connectivity index (χ2v) is 5.96. The molecular weight excluding hydrogens is 272 g/mol. The predicted molar refractivity (Wildman–Crippen MR) is 87.0 cm³/mol. The molecule has 0 aromatic heterocycles. The standard InChI is InChI=1S/C15H22N2O2S/c1-10(2)14(9-18)20-15(16-4)17-13-8-12(19-5)7-6-11(13)3/h6-10,14H,1-5H3,(H,16,17). The molecule has 0 bridgehead atoms. The number of anilines is 1. The first-order valence-electron chi connectivity index (χ1n) is 6.52. The summed E-state index contributed by atoms with van der Waals surface area (Å²) < 4.78 is 5.22. The molecule has 110 valence electrons. The minimum atomic E-state index is -0.105. The molecule has 1 N–H and O–H groups in total. The zero-order valence-corrected chi connectivity index (χ0v) is 13.5. The van der Waals surface area contributed by atoms with Crippen LogP contribution in [0.25, 0.3) is 0 Å². The smallest absolute Gasteiger partial charge is 0.161 e. The number of nitrogens with one attached hydrogen (secondary N) is 1. The Bertz CT molecular complexity index is 487. The van der Waals surface area contributed by atoms with Crippen LogP contribution < -0.4 is 10.1 Å². The van der Waals surface area contributed by atoms with Gasteiger partial charge in [0.05, 0.1) is 12.4 Å². The highest BCUT2D eigenvalue weighted by Gasteiger charge is 2.16. The van der Waals surface area contributed by atoms with Crippen molar-refractivity contribution >= 4 is 28.9 Å². The number of methoxy groups -OCH3 is 1. The zero-order chi connectivity index (χ0) is 15.1. The lowest BCUT2D eigenvalue weighted by molar-refractivity contribution is -0.107. The van der Waals surface area contributed by atoms with E-state index in [2.05, 4.69) is 10.3 Å². The fourth-order valence-electron chi connectivity index (χ4n) is 1.57. The molecule has 1 rings (SSSR count). The van der Waals surface area contributed by atoms with Gasteiger partial charge in [0.15, 0.2) is 5.17 Å². The maximum absolute atomic E-state index is 11.1. The Morgan fingerprint density at radius 2 is 2.15 bits per heavy atom. The number of nitrogens with zero attached hydrogens (tertiary/aromatic N) is 1. The van der Waals surface area contributed by atoms with E-state index in [1.54, 1.807) is 14.2 Å². The number of ether oxygens (including phenoxy) is 1. The minimum absolute atomic E-state index is 0.105. The molecule has 0 saturated heterocycles. The van der Waals surface area contributed by atoms with Crippen LogP contribution in [0.2, 0.25) is 0 Å². The van der Waals surface area contributed by atoms with Gasteiger partial charge in [-0.05, 0) is 24.5 Å². The average molecular weight is 294 g/mol. The van der Waals surface area contributed by atoms with E-state index < -0.39 is 0 Å². The third-order valence-corrected chi connectivity index (χ3v) is 4.36. The van der Waals surface area contributed by atoms with Crippen LogP contribution in [0.5, 0.6) is 5.75 Å². The summed E-state index contributed by atoms with van der Waals surface area (Å²) in [5, 5.41) is 3.89. The molecule has 0 fully saturated rings. The van der Waals surface area contributed by atoms with Crippen molar-refractivity contribution in [3.8, 4) is 5.75 Å². The van der Waals surface area contributed by atoms with Crippen molar-refractivity contribution in [2.75, 3.05) is 19.5 Å². The first-order chi connectivity index (χ1) is 9.51. The summed E-state index contributed by atoms with van der Waals surface area (Å²) >= 11 is 1.44. The van der Waals surface area contributed by atoms with Gasteiger partial charge in [0.1, 0.15) is 12.0 Å². The predicted octanol–water partition coefficient (Wildman–Crippen LogP) is 3.36. The van der Waals surface area contributed by atoms with Crippen LogP contribution in [-0.4, -0.2) is 30.9 Å². The van der Waals surface area contributed by atoms with Gasteiger partial charge in [-0.1, -0.05) is 31.7 Å². The number of aliphatic imine (C=N–C) groups is 1. The number of carbonyl (C=O) groups is 1. The normalized spacial score (nSPS) is 13.2. The van der Waals surface area contributed by atoms with Crippen LogP contribution in [0.3, 0.4) is 0 Å². The van der Waals surface area contributed by atoms with E-state index in [-0.39, 0.29) is 11.2 Å². The van der Waals surface area contributed by atoms with Crippen molar-refractivity contribution < 1.29 is 9.53 Å². The lowest BCUT2D eigenvalue weighted by Crippen LogP contribution is -2.19. The van der Waals surface area contributed by atoms with E-state index in [0.717, 1.165) is 28.5 Å². The summed E-state index contributed by atoms with van der Waals surface area (Å²) in [5.74, 6) is 1.05. The molecule has 0 heterocycles. The van der Waals surface area contributed by atoms with E-state index in [1.807, 2.05) is 39.0 Å². The molecule has 1 aromatic carbocycles. The number of thioether (sulfide) groups is 1. The van der Waals surface area contributed by atoms with E-state index >= 15 is 0 Å². The van der Waals surface area contributed by atoms with Crippen molar-refractivity contribution in [2.24, 2.45) is 10.9 Å². The van der Waals surface area contributed by atoms with Gasteiger partial charge in [-0.3, -0.25) is 4.99 Å². The Morgan fingerprint density at radius 3 is 2.65 bits per heavy atom. The van der Waals surface area contributed by atoms with Crippen LogP contribution in [0.1, 0.15) is 19.4 Å². The maximum Gasteiger partial charge on any atom is 0.161 e. The van der Waals surface area contributed by atoms with Crippen molar-refractivity contribution in [1.29, 1.82) is 0 Å². The Morgan fingerprint density at radius 1 is 1.45 bits per heavy atom. The van der Waals surface area contributed by atoms with Crippen molar-refractivity contribution in [1.82, 2.24) is 0 Å². The third kappa shape index (κ3) is 4.56. The van der Waals surface area contributed by atoms with Gasteiger partial charge in [-0.25, -0.2) is 0 Å². The number of carbonyl (C=O) groups excluding carboxylic acids is 1. The second-order valence-electron chi connectivity index (χ2n) is 4.80. The Balaban J connectivity index is 2.86. The van der Waals surface area contributed by atoms with Crippen LogP contribution >= 0.6 is 11.8 Å². The van der Waals surface area contributed by atoms with E-state index in [4.69, 9.17) is 4.74 Å². The fourth-order valence-corrected chi connectivity index (χ4v) is 2.43. The lowest BCUT2D eigenvalue weighted by Gasteiger charge is -2.17. The molecule has 0 aliphatic rings. The second kappa shape index (κ2) is 7.94. The molecule has 0 aliphatic heterocycles. The molecule has 0 amide bonds.